The van der Waals surface area contributed by atoms with Crippen molar-refractivity contribution in [3.05, 3.63) is 47.7 Å². The van der Waals surface area contributed by atoms with E-state index in [-0.39, 0.29) is 5.91 Å². The Bertz CT molecular complexity index is 587. The highest BCUT2D eigenvalue weighted by molar-refractivity contribution is 5.81. The minimum absolute atomic E-state index is 0.229. The van der Waals surface area contributed by atoms with Crippen molar-refractivity contribution >= 4 is 11.5 Å². The first kappa shape index (κ1) is 13.0. The number of rotatable bonds is 3. The average molecular weight is 269 g/mol. The molecule has 1 fully saturated rings. The Hall–Kier alpha value is -2.03. The maximum atomic E-state index is 11.6. The van der Waals surface area contributed by atoms with E-state index in [9.17, 15) is 4.79 Å². The molecule has 0 spiro atoms. The Morgan fingerprint density at radius 2 is 2.20 bits per heavy atom. The van der Waals surface area contributed by atoms with Crippen molar-refractivity contribution in [2.24, 2.45) is 0 Å². The molecule has 1 amide bonds. The SMILES string of the molecule is COc1ccc2c(c1)CCC=C2/C=C/N1CCCC1=O. The van der Waals surface area contributed by atoms with Crippen LogP contribution in [0.25, 0.3) is 5.57 Å². The summed E-state index contributed by atoms with van der Waals surface area (Å²) < 4.78 is 5.28. The third kappa shape index (κ3) is 2.48. The second kappa shape index (κ2) is 5.53. The van der Waals surface area contributed by atoms with Crippen LogP contribution in [0, 0.1) is 0 Å². The molecule has 0 N–H and O–H groups in total. The molecule has 0 aromatic heterocycles. The lowest BCUT2D eigenvalue weighted by Crippen LogP contribution is -2.17. The highest BCUT2D eigenvalue weighted by atomic mass is 16.5. The van der Waals surface area contributed by atoms with Gasteiger partial charge in [-0.15, -0.1) is 0 Å². The molecule has 3 nitrogen and oxygen atoms in total. The topological polar surface area (TPSA) is 29.5 Å². The lowest BCUT2D eigenvalue weighted by atomic mass is 9.90. The number of benzene rings is 1. The Morgan fingerprint density at radius 3 is 2.95 bits per heavy atom. The zero-order chi connectivity index (χ0) is 13.9. The number of ether oxygens (including phenoxy) is 1. The van der Waals surface area contributed by atoms with Crippen LogP contribution in [0.5, 0.6) is 5.75 Å². The molecule has 1 heterocycles. The molecule has 0 radical (unpaired) electrons. The number of hydrogen-bond donors (Lipinski definition) is 0. The van der Waals surface area contributed by atoms with Crippen LogP contribution in [0.15, 0.2) is 36.6 Å². The van der Waals surface area contributed by atoms with Crippen molar-refractivity contribution in [2.75, 3.05) is 13.7 Å². The largest absolute Gasteiger partial charge is 0.497 e. The van der Waals surface area contributed by atoms with Gasteiger partial charge < -0.3 is 9.64 Å². The van der Waals surface area contributed by atoms with Crippen molar-refractivity contribution in [1.29, 1.82) is 0 Å². The Balaban J connectivity index is 1.83. The maximum absolute atomic E-state index is 11.6. The van der Waals surface area contributed by atoms with Gasteiger partial charge in [0.15, 0.2) is 0 Å². The number of nitrogens with zero attached hydrogens (tertiary/aromatic N) is 1. The number of likely N-dealkylation sites (tertiary alicyclic amines) is 1. The number of aryl methyl sites for hydroxylation is 1. The van der Waals surface area contributed by atoms with Gasteiger partial charge in [0, 0.05) is 19.2 Å². The summed E-state index contributed by atoms with van der Waals surface area (Å²) >= 11 is 0. The summed E-state index contributed by atoms with van der Waals surface area (Å²) in [6.07, 6.45) is 9.97. The molecule has 1 aliphatic heterocycles. The minimum atomic E-state index is 0.229. The van der Waals surface area contributed by atoms with Crippen LogP contribution in [0.3, 0.4) is 0 Å². The molecule has 0 atom stereocenters. The molecule has 1 saturated heterocycles. The highest BCUT2D eigenvalue weighted by Gasteiger charge is 2.18. The molecule has 0 bridgehead atoms. The van der Waals surface area contributed by atoms with E-state index in [4.69, 9.17) is 4.74 Å². The fourth-order valence-corrected chi connectivity index (χ4v) is 2.83. The predicted molar refractivity (Wildman–Crippen MR) is 79.4 cm³/mol. The van der Waals surface area contributed by atoms with Crippen LogP contribution in [0.1, 0.15) is 30.4 Å². The normalized spacial score (nSPS) is 18.4. The zero-order valence-corrected chi connectivity index (χ0v) is 11.8. The summed E-state index contributed by atoms with van der Waals surface area (Å²) in [5.41, 5.74) is 3.77. The van der Waals surface area contributed by atoms with Gasteiger partial charge in [-0.1, -0.05) is 12.1 Å². The lowest BCUT2D eigenvalue weighted by Gasteiger charge is -2.17. The summed E-state index contributed by atoms with van der Waals surface area (Å²) in [5, 5.41) is 0. The van der Waals surface area contributed by atoms with Crippen LogP contribution in [0.2, 0.25) is 0 Å². The number of hydrogen-bond acceptors (Lipinski definition) is 2. The van der Waals surface area contributed by atoms with Crippen LogP contribution < -0.4 is 4.74 Å². The molecular formula is C17H19NO2. The quantitative estimate of drug-likeness (QED) is 0.843. The minimum Gasteiger partial charge on any atom is -0.497 e. The summed E-state index contributed by atoms with van der Waals surface area (Å²) in [5.74, 6) is 1.14. The monoisotopic (exact) mass is 269 g/mol. The van der Waals surface area contributed by atoms with Gasteiger partial charge in [0.25, 0.3) is 0 Å². The van der Waals surface area contributed by atoms with Crippen LogP contribution in [-0.4, -0.2) is 24.5 Å². The van der Waals surface area contributed by atoms with Crippen LogP contribution in [-0.2, 0) is 11.2 Å². The molecule has 2 aliphatic rings. The fraction of sp³-hybridized carbons (Fsp3) is 0.353. The number of carbonyl (C=O) groups excluding carboxylic acids is 1. The van der Waals surface area contributed by atoms with E-state index in [2.05, 4.69) is 24.3 Å². The van der Waals surface area contributed by atoms with Crippen molar-refractivity contribution in [3.8, 4) is 5.75 Å². The summed E-state index contributed by atoms with van der Waals surface area (Å²) in [4.78, 5) is 13.4. The highest BCUT2D eigenvalue weighted by Crippen LogP contribution is 2.30. The van der Waals surface area contributed by atoms with Gasteiger partial charge in [-0.2, -0.15) is 0 Å². The van der Waals surface area contributed by atoms with Gasteiger partial charge >= 0.3 is 0 Å². The van der Waals surface area contributed by atoms with Crippen LogP contribution >= 0.6 is 0 Å². The number of fused-ring (bicyclic) bond motifs is 1. The smallest absolute Gasteiger partial charge is 0.226 e. The molecule has 104 valence electrons. The van der Waals surface area contributed by atoms with Crippen molar-refractivity contribution in [2.45, 2.75) is 25.7 Å². The summed E-state index contributed by atoms with van der Waals surface area (Å²) in [6.45, 7) is 0.845. The molecule has 1 aliphatic carbocycles. The first-order valence-electron chi connectivity index (χ1n) is 7.13. The average Bonchev–Trinajstić information content (AvgIpc) is 2.89. The van der Waals surface area contributed by atoms with Gasteiger partial charge in [-0.25, -0.2) is 0 Å². The number of carbonyl (C=O) groups is 1. The number of allylic oxidation sites excluding steroid dienone is 3. The molecule has 3 heteroatoms. The molecule has 3 rings (SSSR count). The van der Waals surface area contributed by atoms with E-state index in [1.807, 2.05) is 17.2 Å². The van der Waals surface area contributed by atoms with E-state index in [1.54, 1.807) is 7.11 Å². The summed E-state index contributed by atoms with van der Waals surface area (Å²) in [7, 11) is 1.69. The summed E-state index contributed by atoms with van der Waals surface area (Å²) in [6, 6.07) is 6.21. The lowest BCUT2D eigenvalue weighted by molar-refractivity contribution is -0.125. The number of amides is 1. The third-order valence-corrected chi connectivity index (χ3v) is 3.95. The van der Waals surface area contributed by atoms with E-state index in [0.29, 0.717) is 6.42 Å². The van der Waals surface area contributed by atoms with Gasteiger partial charge in [0.05, 0.1) is 7.11 Å². The Labute approximate surface area is 119 Å². The van der Waals surface area contributed by atoms with E-state index >= 15 is 0 Å². The zero-order valence-electron chi connectivity index (χ0n) is 11.8. The first-order chi connectivity index (χ1) is 9.78. The van der Waals surface area contributed by atoms with Gasteiger partial charge in [-0.3, -0.25) is 4.79 Å². The van der Waals surface area contributed by atoms with Crippen molar-refractivity contribution < 1.29 is 9.53 Å². The third-order valence-electron chi connectivity index (χ3n) is 3.95. The van der Waals surface area contributed by atoms with Gasteiger partial charge in [0.2, 0.25) is 5.91 Å². The second-order valence-corrected chi connectivity index (χ2v) is 5.23. The maximum Gasteiger partial charge on any atom is 0.226 e. The molecular weight excluding hydrogens is 250 g/mol. The first-order valence-corrected chi connectivity index (χ1v) is 7.13. The molecule has 1 aromatic rings. The van der Waals surface area contributed by atoms with Gasteiger partial charge in [0.1, 0.15) is 5.75 Å². The van der Waals surface area contributed by atoms with E-state index < -0.39 is 0 Å². The number of methoxy groups -OCH3 is 1. The fourth-order valence-electron chi connectivity index (χ4n) is 2.83. The van der Waals surface area contributed by atoms with Crippen molar-refractivity contribution in [3.63, 3.8) is 0 Å². The van der Waals surface area contributed by atoms with E-state index in [1.165, 1.54) is 16.7 Å². The van der Waals surface area contributed by atoms with E-state index in [0.717, 1.165) is 31.6 Å². The molecule has 1 aromatic carbocycles. The second-order valence-electron chi connectivity index (χ2n) is 5.23. The Kier molecular flexibility index (Phi) is 3.59. The standard InChI is InChI=1S/C17H19NO2/c1-20-15-7-8-16-13(4-2-5-14(16)12-15)9-11-18-10-3-6-17(18)19/h4,7-9,11-12H,2-3,5-6,10H2,1H3/b11-9+. The molecule has 20 heavy (non-hydrogen) atoms. The van der Waals surface area contributed by atoms with Crippen molar-refractivity contribution in [1.82, 2.24) is 4.90 Å². The predicted octanol–water partition coefficient (Wildman–Crippen LogP) is 3.16. The molecule has 0 unspecified atom stereocenters. The Morgan fingerprint density at radius 1 is 1.30 bits per heavy atom. The van der Waals surface area contributed by atoms with Gasteiger partial charge in [-0.05, 0) is 54.2 Å². The van der Waals surface area contributed by atoms with Crippen LogP contribution in [0.4, 0.5) is 0 Å². The molecule has 0 saturated carbocycles.